The maximum absolute atomic E-state index is 12.8. The summed E-state index contributed by atoms with van der Waals surface area (Å²) in [6, 6.07) is 12.9. The Balaban J connectivity index is 1.56. The fraction of sp³-hybridized carbons (Fsp3) is 0.0909. The number of benzene rings is 2. The van der Waals surface area contributed by atoms with Gasteiger partial charge in [0.15, 0.2) is 0 Å². The standard InChI is InChI=1S/C22H14Cl2N2O5S/c1-12-2-3-13(8-18(12)26(29)30)19-7-6-16(31-19)10-20-21(27)25(22(28)32-20)11-14-4-5-15(23)9-17(14)24/h2-10H,11H2,1H3/b20-10-. The molecule has 32 heavy (non-hydrogen) atoms. The highest BCUT2D eigenvalue weighted by atomic mass is 35.5. The largest absolute Gasteiger partial charge is 0.457 e. The second-order valence-electron chi connectivity index (χ2n) is 6.96. The van der Waals surface area contributed by atoms with E-state index in [9.17, 15) is 19.7 Å². The lowest BCUT2D eigenvalue weighted by Crippen LogP contribution is -2.27. The van der Waals surface area contributed by atoms with Gasteiger partial charge >= 0.3 is 0 Å². The molecule has 162 valence electrons. The van der Waals surface area contributed by atoms with Crippen molar-refractivity contribution in [2.24, 2.45) is 0 Å². The van der Waals surface area contributed by atoms with E-state index in [1.807, 2.05) is 0 Å². The third-order valence-corrected chi connectivity index (χ3v) is 6.30. The first kappa shape index (κ1) is 22.1. The molecule has 0 radical (unpaired) electrons. The highest BCUT2D eigenvalue weighted by molar-refractivity contribution is 8.18. The van der Waals surface area contributed by atoms with Gasteiger partial charge in [-0.1, -0.05) is 41.4 Å². The number of imide groups is 1. The SMILES string of the molecule is Cc1ccc(-c2ccc(/C=C3\SC(=O)N(Cc4ccc(Cl)cc4Cl)C3=O)o2)cc1[N+](=O)[O-]. The molecule has 0 unspecified atom stereocenters. The molecule has 10 heteroatoms. The molecule has 3 aromatic rings. The van der Waals surface area contributed by atoms with Crippen LogP contribution in [0.2, 0.25) is 10.0 Å². The molecule has 1 fully saturated rings. The van der Waals surface area contributed by atoms with Crippen molar-refractivity contribution < 1.29 is 18.9 Å². The van der Waals surface area contributed by atoms with E-state index in [2.05, 4.69) is 0 Å². The zero-order valence-electron chi connectivity index (χ0n) is 16.5. The Morgan fingerprint density at radius 1 is 1.12 bits per heavy atom. The molecular formula is C22H14Cl2N2O5S. The molecular weight excluding hydrogens is 475 g/mol. The fourth-order valence-electron chi connectivity index (χ4n) is 3.13. The van der Waals surface area contributed by atoms with Crippen molar-refractivity contribution >= 4 is 57.9 Å². The number of nitro benzene ring substituents is 1. The fourth-order valence-corrected chi connectivity index (χ4v) is 4.42. The molecule has 1 aliphatic rings. The zero-order chi connectivity index (χ0) is 23.0. The van der Waals surface area contributed by atoms with Crippen molar-refractivity contribution in [1.82, 2.24) is 4.90 Å². The number of hydrogen-bond donors (Lipinski definition) is 0. The summed E-state index contributed by atoms with van der Waals surface area (Å²) in [5.74, 6) is 0.291. The zero-order valence-corrected chi connectivity index (χ0v) is 18.8. The average Bonchev–Trinajstić information content (AvgIpc) is 3.30. The van der Waals surface area contributed by atoms with Crippen LogP contribution >= 0.6 is 35.0 Å². The van der Waals surface area contributed by atoms with Crippen molar-refractivity contribution in [3.8, 4) is 11.3 Å². The van der Waals surface area contributed by atoms with Gasteiger partial charge in [-0.15, -0.1) is 0 Å². The predicted molar refractivity (Wildman–Crippen MR) is 124 cm³/mol. The van der Waals surface area contributed by atoms with Crippen LogP contribution in [0.25, 0.3) is 17.4 Å². The van der Waals surface area contributed by atoms with E-state index in [0.29, 0.717) is 38.3 Å². The van der Waals surface area contributed by atoms with E-state index >= 15 is 0 Å². The highest BCUT2D eigenvalue weighted by Gasteiger charge is 2.35. The average molecular weight is 489 g/mol. The highest BCUT2D eigenvalue weighted by Crippen LogP contribution is 2.36. The van der Waals surface area contributed by atoms with E-state index in [-0.39, 0.29) is 17.1 Å². The molecule has 1 aliphatic heterocycles. The Morgan fingerprint density at radius 3 is 2.62 bits per heavy atom. The first-order valence-corrected chi connectivity index (χ1v) is 10.8. The van der Waals surface area contributed by atoms with E-state index in [4.69, 9.17) is 27.6 Å². The van der Waals surface area contributed by atoms with Gasteiger partial charge in [0.05, 0.1) is 16.4 Å². The molecule has 0 atom stereocenters. The van der Waals surface area contributed by atoms with Crippen LogP contribution in [0.5, 0.6) is 0 Å². The summed E-state index contributed by atoms with van der Waals surface area (Å²) < 4.78 is 5.75. The summed E-state index contributed by atoms with van der Waals surface area (Å²) in [7, 11) is 0. The van der Waals surface area contributed by atoms with Gasteiger partial charge in [-0.05, 0) is 48.5 Å². The number of aryl methyl sites for hydroxylation is 1. The van der Waals surface area contributed by atoms with Crippen molar-refractivity contribution in [2.45, 2.75) is 13.5 Å². The van der Waals surface area contributed by atoms with Crippen molar-refractivity contribution in [3.63, 3.8) is 0 Å². The minimum Gasteiger partial charge on any atom is -0.457 e. The Kier molecular flexibility index (Phi) is 6.10. The molecule has 4 rings (SSSR count). The van der Waals surface area contributed by atoms with Gasteiger partial charge in [-0.25, -0.2) is 0 Å². The van der Waals surface area contributed by atoms with E-state index in [0.717, 1.165) is 16.7 Å². The molecule has 2 aromatic carbocycles. The number of amides is 2. The summed E-state index contributed by atoms with van der Waals surface area (Å²) >= 11 is 12.9. The maximum Gasteiger partial charge on any atom is 0.293 e. The van der Waals surface area contributed by atoms with Crippen LogP contribution in [0.4, 0.5) is 10.5 Å². The van der Waals surface area contributed by atoms with Crippen LogP contribution in [0.1, 0.15) is 16.9 Å². The summed E-state index contributed by atoms with van der Waals surface area (Å²) in [5, 5.41) is 11.6. The number of nitro groups is 1. The number of rotatable bonds is 5. The second-order valence-corrected chi connectivity index (χ2v) is 8.80. The van der Waals surface area contributed by atoms with Crippen LogP contribution in [-0.2, 0) is 11.3 Å². The molecule has 2 amide bonds. The van der Waals surface area contributed by atoms with Gasteiger partial charge in [-0.3, -0.25) is 24.6 Å². The Morgan fingerprint density at radius 2 is 1.91 bits per heavy atom. The minimum absolute atomic E-state index is 0.0116. The number of carbonyl (C=O) groups is 2. The number of thioether (sulfide) groups is 1. The monoisotopic (exact) mass is 488 g/mol. The smallest absolute Gasteiger partial charge is 0.293 e. The molecule has 0 bridgehead atoms. The second kappa shape index (κ2) is 8.82. The maximum atomic E-state index is 12.8. The van der Waals surface area contributed by atoms with Crippen LogP contribution in [0.3, 0.4) is 0 Å². The molecule has 0 N–H and O–H groups in total. The normalized spacial score (nSPS) is 15.1. The molecule has 7 nitrogen and oxygen atoms in total. The Hall–Kier alpha value is -3.07. The first-order valence-electron chi connectivity index (χ1n) is 9.27. The minimum atomic E-state index is -0.463. The lowest BCUT2D eigenvalue weighted by Gasteiger charge is -2.13. The summed E-state index contributed by atoms with van der Waals surface area (Å²) in [6.07, 6.45) is 1.47. The summed E-state index contributed by atoms with van der Waals surface area (Å²) in [4.78, 5) is 37.2. The van der Waals surface area contributed by atoms with Crippen LogP contribution in [-0.4, -0.2) is 21.0 Å². The quantitative estimate of drug-likeness (QED) is 0.225. The molecule has 1 saturated heterocycles. The van der Waals surface area contributed by atoms with Crippen LogP contribution < -0.4 is 0 Å². The van der Waals surface area contributed by atoms with Gasteiger partial charge < -0.3 is 4.42 Å². The predicted octanol–water partition coefficient (Wildman–Crippen LogP) is 6.71. The number of carbonyl (C=O) groups excluding carboxylic acids is 2. The van der Waals surface area contributed by atoms with Crippen molar-refractivity contribution in [1.29, 1.82) is 0 Å². The van der Waals surface area contributed by atoms with E-state index in [1.165, 1.54) is 12.1 Å². The van der Waals surface area contributed by atoms with Crippen LogP contribution in [0, 0.1) is 17.0 Å². The van der Waals surface area contributed by atoms with Gasteiger partial charge in [0.25, 0.3) is 16.8 Å². The summed E-state index contributed by atoms with van der Waals surface area (Å²) in [6.45, 7) is 1.68. The van der Waals surface area contributed by atoms with Gasteiger partial charge in [-0.2, -0.15) is 0 Å². The topological polar surface area (TPSA) is 93.7 Å². The molecule has 0 aliphatic carbocycles. The molecule has 1 aromatic heterocycles. The number of hydrogen-bond acceptors (Lipinski definition) is 6. The molecule has 2 heterocycles. The van der Waals surface area contributed by atoms with Gasteiger partial charge in [0.2, 0.25) is 0 Å². The van der Waals surface area contributed by atoms with Crippen LogP contribution in [0.15, 0.2) is 57.9 Å². The number of nitrogens with zero attached hydrogens (tertiary/aromatic N) is 2. The Bertz CT molecular complexity index is 1300. The number of furan rings is 1. The third-order valence-electron chi connectivity index (χ3n) is 4.81. The summed E-state index contributed by atoms with van der Waals surface area (Å²) in [5.41, 5.74) is 1.66. The first-order chi connectivity index (χ1) is 15.2. The molecule has 0 saturated carbocycles. The van der Waals surface area contributed by atoms with E-state index < -0.39 is 16.1 Å². The lowest BCUT2D eigenvalue weighted by atomic mass is 10.1. The number of halogens is 2. The molecule has 0 spiro atoms. The lowest BCUT2D eigenvalue weighted by molar-refractivity contribution is -0.385. The van der Waals surface area contributed by atoms with E-state index in [1.54, 1.807) is 49.4 Å². The van der Waals surface area contributed by atoms with Crippen molar-refractivity contribution in [3.05, 3.63) is 90.5 Å². The van der Waals surface area contributed by atoms with Gasteiger partial charge in [0, 0.05) is 33.3 Å². The third kappa shape index (κ3) is 4.43. The van der Waals surface area contributed by atoms with Gasteiger partial charge in [0.1, 0.15) is 11.5 Å². The Labute approximate surface area is 196 Å². The van der Waals surface area contributed by atoms with Crippen molar-refractivity contribution in [2.75, 3.05) is 0 Å².